The van der Waals surface area contributed by atoms with Crippen LogP contribution >= 0.6 is 0 Å². The van der Waals surface area contributed by atoms with Crippen molar-refractivity contribution < 1.29 is 18.3 Å². The first-order chi connectivity index (χ1) is 5.91. The topological polar surface area (TPSA) is 38.0 Å². The Morgan fingerprint density at radius 2 is 2.23 bits per heavy atom. The van der Waals surface area contributed by atoms with Gasteiger partial charge in [0, 0.05) is 25.9 Å². The van der Waals surface area contributed by atoms with Crippen LogP contribution < -0.4 is 0 Å². The highest BCUT2D eigenvalue weighted by atomic mass is 19.4. The predicted octanol–water partition coefficient (Wildman–Crippen LogP) is 0.886. The van der Waals surface area contributed by atoms with Crippen LogP contribution in [-0.2, 0) is 13.5 Å². The smallest absolute Gasteiger partial charge is 0.383 e. The Balaban J connectivity index is 2.65. The van der Waals surface area contributed by atoms with E-state index < -0.39 is 18.7 Å². The minimum atomic E-state index is -4.58. The van der Waals surface area contributed by atoms with E-state index in [0.29, 0.717) is 0 Å². The minimum Gasteiger partial charge on any atom is -0.383 e. The number of aliphatic hydroxyl groups excluding tert-OH is 1. The first-order valence-electron chi connectivity index (χ1n) is 3.62. The van der Waals surface area contributed by atoms with Gasteiger partial charge in [-0.2, -0.15) is 13.2 Å². The van der Waals surface area contributed by atoms with Gasteiger partial charge in [-0.3, -0.25) is 0 Å². The van der Waals surface area contributed by atoms with Crippen molar-refractivity contribution >= 4 is 0 Å². The summed E-state index contributed by atoms with van der Waals surface area (Å²) in [7, 11) is 1.57. The highest BCUT2D eigenvalue weighted by Gasteiger charge is 2.38. The van der Waals surface area contributed by atoms with Gasteiger partial charge in [0.1, 0.15) is 5.82 Å². The second-order valence-electron chi connectivity index (χ2n) is 2.72. The molecule has 1 atom stereocenters. The van der Waals surface area contributed by atoms with Crippen LogP contribution in [-0.4, -0.2) is 26.9 Å². The van der Waals surface area contributed by atoms with Gasteiger partial charge in [-0.1, -0.05) is 0 Å². The highest BCUT2D eigenvalue weighted by Crippen LogP contribution is 2.22. The largest absolute Gasteiger partial charge is 0.414 e. The summed E-state index contributed by atoms with van der Waals surface area (Å²) >= 11 is 0. The van der Waals surface area contributed by atoms with E-state index in [9.17, 15) is 13.2 Å². The fourth-order valence-corrected chi connectivity index (χ4v) is 0.882. The molecule has 13 heavy (non-hydrogen) atoms. The zero-order valence-corrected chi connectivity index (χ0v) is 6.91. The standard InChI is InChI=1S/C7H9F3N2O/c1-12-3-2-11-6(12)4-5(13)7(8,9)10/h2-3,5,13H,4H2,1H3. The van der Waals surface area contributed by atoms with Crippen LogP contribution in [0.25, 0.3) is 0 Å². The number of rotatable bonds is 2. The quantitative estimate of drug-likeness (QED) is 0.759. The Morgan fingerprint density at radius 3 is 2.62 bits per heavy atom. The number of aryl methyl sites for hydroxylation is 1. The normalized spacial score (nSPS) is 14.5. The van der Waals surface area contributed by atoms with Gasteiger partial charge in [0.2, 0.25) is 0 Å². The number of halogens is 3. The third-order valence-electron chi connectivity index (χ3n) is 1.67. The van der Waals surface area contributed by atoms with Gasteiger partial charge in [-0.15, -0.1) is 0 Å². The van der Waals surface area contributed by atoms with E-state index in [4.69, 9.17) is 5.11 Å². The first-order valence-corrected chi connectivity index (χ1v) is 3.62. The summed E-state index contributed by atoms with van der Waals surface area (Å²) in [6.45, 7) is 0. The van der Waals surface area contributed by atoms with E-state index in [0.717, 1.165) is 0 Å². The fraction of sp³-hybridized carbons (Fsp3) is 0.571. The van der Waals surface area contributed by atoms with Crippen LogP contribution in [0.15, 0.2) is 12.4 Å². The molecule has 0 aliphatic heterocycles. The number of nitrogens with zero attached hydrogens (tertiary/aromatic N) is 2. The minimum absolute atomic E-state index is 0.213. The molecule has 0 aromatic carbocycles. The van der Waals surface area contributed by atoms with E-state index in [1.54, 1.807) is 7.05 Å². The molecule has 6 heteroatoms. The van der Waals surface area contributed by atoms with Crippen molar-refractivity contribution in [2.45, 2.75) is 18.7 Å². The van der Waals surface area contributed by atoms with Crippen molar-refractivity contribution in [1.82, 2.24) is 9.55 Å². The number of aromatic nitrogens is 2. The average molecular weight is 194 g/mol. The summed E-state index contributed by atoms with van der Waals surface area (Å²) in [4.78, 5) is 3.67. The molecule has 0 aliphatic carbocycles. The van der Waals surface area contributed by atoms with Gasteiger partial charge in [0.25, 0.3) is 0 Å². The fourth-order valence-electron chi connectivity index (χ4n) is 0.882. The van der Waals surface area contributed by atoms with Crippen LogP contribution in [0.2, 0.25) is 0 Å². The lowest BCUT2D eigenvalue weighted by Gasteiger charge is -2.13. The van der Waals surface area contributed by atoms with Crippen LogP contribution in [0, 0.1) is 0 Å². The van der Waals surface area contributed by atoms with Crippen LogP contribution in [0.5, 0.6) is 0 Å². The summed E-state index contributed by atoms with van der Waals surface area (Å²) in [5.41, 5.74) is 0. The molecule has 1 unspecified atom stereocenters. The lowest BCUT2D eigenvalue weighted by atomic mass is 10.2. The van der Waals surface area contributed by atoms with E-state index in [1.807, 2.05) is 0 Å². The molecule has 0 saturated carbocycles. The molecule has 0 radical (unpaired) electrons. The maximum atomic E-state index is 11.9. The molecule has 0 fully saturated rings. The molecule has 0 spiro atoms. The Kier molecular flexibility index (Phi) is 2.60. The molecule has 3 nitrogen and oxygen atoms in total. The SMILES string of the molecule is Cn1ccnc1CC(O)C(F)(F)F. The summed E-state index contributed by atoms with van der Waals surface area (Å²) in [6.07, 6.45) is -4.51. The number of aliphatic hydroxyl groups is 1. The zero-order chi connectivity index (χ0) is 10.1. The second-order valence-corrected chi connectivity index (χ2v) is 2.72. The summed E-state index contributed by atoms with van der Waals surface area (Å²) in [5.74, 6) is 0.213. The molecule has 0 saturated heterocycles. The second kappa shape index (κ2) is 3.37. The van der Waals surface area contributed by atoms with Gasteiger partial charge in [0.05, 0.1) is 0 Å². The average Bonchev–Trinajstić information content (AvgIpc) is 2.34. The van der Waals surface area contributed by atoms with Gasteiger partial charge in [-0.25, -0.2) is 4.98 Å². The number of hydrogen-bond acceptors (Lipinski definition) is 2. The van der Waals surface area contributed by atoms with E-state index in [1.165, 1.54) is 17.0 Å². The molecule has 1 heterocycles. The number of hydrogen-bond donors (Lipinski definition) is 1. The molecule has 1 aromatic heterocycles. The molecule has 1 N–H and O–H groups in total. The third kappa shape index (κ3) is 2.45. The van der Waals surface area contributed by atoms with Crippen molar-refractivity contribution in [3.05, 3.63) is 18.2 Å². The molecular weight excluding hydrogens is 185 g/mol. The van der Waals surface area contributed by atoms with Crippen LogP contribution in [0.3, 0.4) is 0 Å². The van der Waals surface area contributed by atoms with Crippen molar-refractivity contribution in [1.29, 1.82) is 0 Å². The molecule has 0 amide bonds. The Morgan fingerprint density at radius 1 is 1.62 bits per heavy atom. The van der Waals surface area contributed by atoms with E-state index >= 15 is 0 Å². The summed E-state index contributed by atoms with van der Waals surface area (Å²) in [5, 5.41) is 8.70. The lowest BCUT2D eigenvalue weighted by Crippen LogP contribution is -2.31. The summed E-state index contributed by atoms with van der Waals surface area (Å²) < 4.78 is 37.1. The van der Waals surface area contributed by atoms with Crippen LogP contribution in [0.1, 0.15) is 5.82 Å². The van der Waals surface area contributed by atoms with E-state index in [-0.39, 0.29) is 5.82 Å². The number of alkyl halides is 3. The monoisotopic (exact) mass is 194 g/mol. The van der Waals surface area contributed by atoms with Crippen LogP contribution in [0.4, 0.5) is 13.2 Å². The summed E-state index contributed by atoms with van der Waals surface area (Å²) in [6, 6.07) is 0. The van der Waals surface area contributed by atoms with Gasteiger partial charge in [0.15, 0.2) is 6.10 Å². The highest BCUT2D eigenvalue weighted by molar-refractivity contribution is 4.94. The first kappa shape index (κ1) is 10.0. The zero-order valence-electron chi connectivity index (χ0n) is 6.91. The molecule has 74 valence electrons. The predicted molar refractivity (Wildman–Crippen MR) is 39.0 cm³/mol. The lowest BCUT2D eigenvalue weighted by molar-refractivity contribution is -0.203. The molecular formula is C7H9F3N2O. The van der Waals surface area contributed by atoms with Crippen molar-refractivity contribution in [2.75, 3.05) is 0 Å². The Labute approximate surface area is 72.8 Å². The van der Waals surface area contributed by atoms with Gasteiger partial charge < -0.3 is 9.67 Å². The maximum Gasteiger partial charge on any atom is 0.414 e. The van der Waals surface area contributed by atoms with Crippen molar-refractivity contribution in [3.63, 3.8) is 0 Å². The maximum absolute atomic E-state index is 11.9. The van der Waals surface area contributed by atoms with Crippen molar-refractivity contribution in [2.24, 2.45) is 7.05 Å². The Hall–Kier alpha value is -1.04. The van der Waals surface area contributed by atoms with Gasteiger partial charge >= 0.3 is 6.18 Å². The van der Waals surface area contributed by atoms with Gasteiger partial charge in [-0.05, 0) is 0 Å². The number of imidazole rings is 1. The Bertz CT molecular complexity index is 282. The third-order valence-corrected chi connectivity index (χ3v) is 1.67. The molecule has 1 rings (SSSR count). The van der Waals surface area contributed by atoms with E-state index in [2.05, 4.69) is 4.98 Å². The van der Waals surface area contributed by atoms with Crippen molar-refractivity contribution in [3.8, 4) is 0 Å². The molecule has 0 bridgehead atoms. The molecule has 0 aliphatic rings. The molecule has 1 aromatic rings.